The van der Waals surface area contributed by atoms with E-state index in [9.17, 15) is 0 Å². The number of anilines is 2. The quantitative estimate of drug-likeness (QED) is 0.890. The van der Waals surface area contributed by atoms with Gasteiger partial charge in [-0.3, -0.25) is 0 Å². The molecule has 0 saturated heterocycles. The Morgan fingerprint density at radius 1 is 1.00 bits per heavy atom. The topological polar surface area (TPSA) is 59.6 Å². The second-order valence-corrected chi connectivity index (χ2v) is 4.50. The van der Waals surface area contributed by atoms with Crippen molar-refractivity contribution in [2.24, 2.45) is 0 Å². The maximum atomic E-state index is 9.07. The molecule has 0 radical (unpaired) electrons. The molecule has 0 saturated carbocycles. The highest BCUT2D eigenvalue weighted by Crippen LogP contribution is 2.26. The fraction of sp³-hybridized carbons (Fsp3) is 0.0667. The zero-order valence-corrected chi connectivity index (χ0v) is 11.0. The van der Waals surface area contributed by atoms with E-state index in [0.29, 0.717) is 21.8 Å². The predicted octanol–water partition coefficient (Wildman–Crippen LogP) is 4.14. The molecule has 0 aliphatic rings. The standard InChI is InChI=1S/C15H10ClN3/c1-10-2-3-11(8-17)6-14(10)19-15-7-13(16)5-4-12(15)9-18/h2-7,19H,1H3. The molecular weight excluding hydrogens is 258 g/mol. The number of rotatable bonds is 2. The van der Waals surface area contributed by atoms with Crippen molar-refractivity contribution in [1.82, 2.24) is 0 Å². The van der Waals surface area contributed by atoms with Crippen molar-refractivity contribution in [1.29, 1.82) is 10.5 Å². The van der Waals surface area contributed by atoms with Crippen LogP contribution < -0.4 is 5.32 Å². The highest BCUT2D eigenvalue weighted by molar-refractivity contribution is 6.30. The average Bonchev–Trinajstić information content (AvgIpc) is 2.41. The maximum absolute atomic E-state index is 9.07. The Morgan fingerprint density at radius 2 is 1.79 bits per heavy atom. The third kappa shape index (κ3) is 2.85. The van der Waals surface area contributed by atoms with Crippen molar-refractivity contribution < 1.29 is 0 Å². The second kappa shape index (κ2) is 5.44. The Bertz CT molecular complexity index is 708. The first-order valence-corrected chi connectivity index (χ1v) is 5.99. The summed E-state index contributed by atoms with van der Waals surface area (Å²) >= 11 is 5.94. The van der Waals surface area contributed by atoms with E-state index in [0.717, 1.165) is 11.3 Å². The van der Waals surface area contributed by atoms with Crippen molar-refractivity contribution in [3.63, 3.8) is 0 Å². The van der Waals surface area contributed by atoms with Gasteiger partial charge in [-0.15, -0.1) is 0 Å². The molecule has 2 rings (SSSR count). The fourth-order valence-electron chi connectivity index (χ4n) is 1.69. The highest BCUT2D eigenvalue weighted by Gasteiger charge is 2.06. The number of nitrogens with zero attached hydrogens (tertiary/aromatic N) is 2. The summed E-state index contributed by atoms with van der Waals surface area (Å²) in [5.41, 5.74) is 3.48. The van der Waals surface area contributed by atoms with Gasteiger partial charge in [0.15, 0.2) is 0 Å². The summed E-state index contributed by atoms with van der Waals surface area (Å²) in [4.78, 5) is 0. The molecule has 0 aliphatic heterocycles. The molecule has 3 nitrogen and oxygen atoms in total. The molecule has 0 aliphatic carbocycles. The second-order valence-electron chi connectivity index (χ2n) is 4.07. The third-order valence-corrected chi connectivity index (χ3v) is 2.97. The maximum Gasteiger partial charge on any atom is 0.101 e. The van der Waals surface area contributed by atoms with Gasteiger partial charge in [0.05, 0.1) is 22.9 Å². The number of aryl methyl sites for hydroxylation is 1. The van der Waals surface area contributed by atoms with E-state index in [2.05, 4.69) is 17.5 Å². The smallest absolute Gasteiger partial charge is 0.101 e. The first-order valence-electron chi connectivity index (χ1n) is 5.61. The number of benzene rings is 2. The lowest BCUT2D eigenvalue weighted by atomic mass is 10.1. The molecule has 0 unspecified atom stereocenters. The van der Waals surface area contributed by atoms with Gasteiger partial charge in [-0.2, -0.15) is 10.5 Å². The Hall–Kier alpha value is -2.49. The van der Waals surface area contributed by atoms with Crippen molar-refractivity contribution in [3.05, 3.63) is 58.1 Å². The molecule has 2 aromatic rings. The molecule has 0 aromatic heterocycles. The molecular formula is C15H10ClN3. The first kappa shape index (κ1) is 13.0. The number of nitrogens with one attached hydrogen (secondary N) is 1. The lowest BCUT2D eigenvalue weighted by Gasteiger charge is -2.11. The van der Waals surface area contributed by atoms with Gasteiger partial charge in [-0.1, -0.05) is 17.7 Å². The van der Waals surface area contributed by atoms with Crippen LogP contribution in [0.3, 0.4) is 0 Å². The molecule has 92 valence electrons. The van der Waals surface area contributed by atoms with Gasteiger partial charge >= 0.3 is 0 Å². The Kier molecular flexibility index (Phi) is 3.71. The zero-order valence-electron chi connectivity index (χ0n) is 10.2. The van der Waals surface area contributed by atoms with Crippen LogP contribution in [0.5, 0.6) is 0 Å². The minimum Gasteiger partial charge on any atom is -0.354 e. The summed E-state index contributed by atoms with van der Waals surface area (Å²) in [6, 6.07) is 14.6. The van der Waals surface area contributed by atoms with Crippen LogP contribution in [0, 0.1) is 29.6 Å². The first-order chi connectivity index (χ1) is 9.13. The summed E-state index contributed by atoms with van der Waals surface area (Å²) in [6.45, 7) is 1.93. The summed E-state index contributed by atoms with van der Waals surface area (Å²) in [5.74, 6) is 0. The molecule has 0 fully saturated rings. The molecule has 0 amide bonds. The summed E-state index contributed by atoms with van der Waals surface area (Å²) < 4.78 is 0. The van der Waals surface area contributed by atoms with Crippen molar-refractivity contribution in [3.8, 4) is 12.1 Å². The molecule has 0 atom stereocenters. The lowest BCUT2D eigenvalue weighted by molar-refractivity contribution is 1.39. The van der Waals surface area contributed by atoms with Crippen LogP contribution in [0.2, 0.25) is 5.02 Å². The summed E-state index contributed by atoms with van der Waals surface area (Å²) in [5, 5.41) is 21.7. The lowest BCUT2D eigenvalue weighted by Crippen LogP contribution is -1.96. The van der Waals surface area contributed by atoms with Gasteiger partial charge in [-0.25, -0.2) is 0 Å². The van der Waals surface area contributed by atoms with E-state index in [1.165, 1.54) is 0 Å². The van der Waals surface area contributed by atoms with E-state index in [-0.39, 0.29) is 0 Å². The number of hydrogen-bond acceptors (Lipinski definition) is 3. The number of halogens is 1. The average molecular weight is 268 g/mol. The number of nitriles is 2. The van der Waals surface area contributed by atoms with Crippen LogP contribution in [-0.4, -0.2) is 0 Å². The van der Waals surface area contributed by atoms with E-state index < -0.39 is 0 Å². The minimum absolute atomic E-state index is 0.506. The van der Waals surface area contributed by atoms with Crippen LogP contribution in [-0.2, 0) is 0 Å². The summed E-state index contributed by atoms with van der Waals surface area (Å²) in [6.07, 6.45) is 0. The normalized spacial score (nSPS) is 9.47. The fourth-order valence-corrected chi connectivity index (χ4v) is 1.86. The molecule has 0 heterocycles. The monoisotopic (exact) mass is 267 g/mol. The summed E-state index contributed by atoms with van der Waals surface area (Å²) in [7, 11) is 0. The Morgan fingerprint density at radius 3 is 2.47 bits per heavy atom. The van der Waals surface area contributed by atoms with E-state index in [1.54, 1.807) is 30.3 Å². The van der Waals surface area contributed by atoms with Gasteiger partial charge in [0, 0.05) is 10.7 Å². The van der Waals surface area contributed by atoms with Crippen LogP contribution in [0.4, 0.5) is 11.4 Å². The van der Waals surface area contributed by atoms with Crippen LogP contribution in [0.25, 0.3) is 0 Å². The van der Waals surface area contributed by atoms with Crippen molar-refractivity contribution in [2.75, 3.05) is 5.32 Å². The van der Waals surface area contributed by atoms with Gasteiger partial charge in [0.1, 0.15) is 6.07 Å². The van der Waals surface area contributed by atoms with E-state index in [1.807, 2.05) is 13.0 Å². The third-order valence-electron chi connectivity index (χ3n) is 2.74. The van der Waals surface area contributed by atoms with Crippen LogP contribution in [0.1, 0.15) is 16.7 Å². The molecule has 19 heavy (non-hydrogen) atoms. The zero-order chi connectivity index (χ0) is 13.8. The van der Waals surface area contributed by atoms with Crippen molar-refractivity contribution >= 4 is 23.0 Å². The molecule has 2 aromatic carbocycles. The minimum atomic E-state index is 0.506. The highest BCUT2D eigenvalue weighted by atomic mass is 35.5. The van der Waals surface area contributed by atoms with Crippen LogP contribution in [0.15, 0.2) is 36.4 Å². The number of hydrogen-bond donors (Lipinski definition) is 1. The predicted molar refractivity (Wildman–Crippen MR) is 75.3 cm³/mol. The SMILES string of the molecule is Cc1ccc(C#N)cc1Nc1cc(Cl)ccc1C#N. The Balaban J connectivity index is 2.45. The largest absolute Gasteiger partial charge is 0.354 e. The molecule has 0 spiro atoms. The van der Waals surface area contributed by atoms with Gasteiger partial charge in [0.2, 0.25) is 0 Å². The van der Waals surface area contributed by atoms with E-state index in [4.69, 9.17) is 22.1 Å². The van der Waals surface area contributed by atoms with Gasteiger partial charge < -0.3 is 5.32 Å². The van der Waals surface area contributed by atoms with Crippen LogP contribution >= 0.6 is 11.6 Å². The molecule has 0 bridgehead atoms. The molecule has 1 N–H and O–H groups in total. The van der Waals surface area contributed by atoms with E-state index >= 15 is 0 Å². The van der Waals surface area contributed by atoms with Crippen molar-refractivity contribution in [2.45, 2.75) is 6.92 Å². The molecule has 4 heteroatoms. The Labute approximate surface area is 116 Å². The van der Waals surface area contributed by atoms with Gasteiger partial charge in [0.25, 0.3) is 0 Å². The van der Waals surface area contributed by atoms with Gasteiger partial charge in [-0.05, 0) is 42.8 Å².